The summed E-state index contributed by atoms with van der Waals surface area (Å²) in [6.45, 7) is 4.84. The van der Waals surface area contributed by atoms with Crippen LogP contribution in [0.2, 0.25) is 0 Å². The van der Waals surface area contributed by atoms with Gasteiger partial charge in [0.2, 0.25) is 15.9 Å². The van der Waals surface area contributed by atoms with Crippen LogP contribution >= 0.6 is 12.4 Å². The molecule has 1 aliphatic carbocycles. The number of nitrogens with two attached hydrogens (primary N) is 1. The molecule has 8 heteroatoms. The number of carbonyl (C=O) groups excluding carboxylic acids is 1. The van der Waals surface area contributed by atoms with Crippen molar-refractivity contribution in [1.82, 2.24) is 4.31 Å². The first-order valence-electron chi connectivity index (χ1n) is 9.92. The number of nitrogens with one attached hydrogen (secondary N) is 1. The summed E-state index contributed by atoms with van der Waals surface area (Å²) in [5.41, 5.74) is 7.03. The van der Waals surface area contributed by atoms with E-state index in [1.165, 1.54) is 0 Å². The molecule has 2 fully saturated rings. The Morgan fingerprint density at radius 1 is 1.18 bits per heavy atom. The first kappa shape index (κ1) is 23.1. The number of aryl methyl sites for hydroxylation is 1. The van der Waals surface area contributed by atoms with Gasteiger partial charge in [0.25, 0.3) is 0 Å². The summed E-state index contributed by atoms with van der Waals surface area (Å²) in [7, 11) is -3.54. The maximum Gasteiger partial charge on any atom is 0.243 e. The van der Waals surface area contributed by atoms with Crippen molar-refractivity contribution < 1.29 is 13.2 Å². The van der Waals surface area contributed by atoms with E-state index in [2.05, 4.69) is 5.32 Å². The molecule has 0 spiro atoms. The van der Waals surface area contributed by atoms with Crippen LogP contribution in [-0.4, -0.2) is 37.3 Å². The van der Waals surface area contributed by atoms with Gasteiger partial charge in [-0.25, -0.2) is 8.42 Å². The lowest BCUT2D eigenvalue weighted by Gasteiger charge is -2.37. The van der Waals surface area contributed by atoms with Crippen molar-refractivity contribution in [3.05, 3.63) is 23.8 Å². The number of nitrogens with zero attached hydrogens (tertiary/aromatic N) is 1. The minimum absolute atomic E-state index is 0. The number of carbonyl (C=O) groups is 1. The quantitative estimate of drug-likeness (QED) is 0.766. The lowest BCUT2D eigenvalue weighted by atomic mass is 9.74. The van der Waals surface area contributed by atoms with Crippen molar-refractivity contribution in [2.45, 2.75) is 69.2 Å². The van der Waals surface area contributed by atoms with E-state index in [-0.39, 0.29) is 29.1 Å². The largest absolute Gasteiger partial charge is 0.326 e. The Labute approximate surface area is 174 Å². The Morgan fingerprint density at radius 3 is 2.50 bits per heavy atom. The van der Waals surface area contributed by atoms with Crippen molar-refractivity contribution in [2.75, 3.05) is 18.4 Å². The third-order valence-electron chi connectivity index (χ3n) is 5.96. The van der Waals surface area contributed by atoms with Crippen LogP contribution < -0.4 is 11.1 Å². The van der Waals surface area contributed by atoms with Crippen molar-refractivity contribution in [3.8, 4) is 0 Å². The summed E-state index contributed by atoms with van der Waals surface area (Å²) in [6, 6.07) is 5.11. The molecule has 2 aliphatic rings. The van der Waals surface area contributed by atoms with Crippen LogP contribution in [0.1, 0.15) is 57.4 Å². The van der Waals surface area contributed by atoms with Crippen molar-refractivity contribution in [3.63, 3.8) is 0 Å². The highest BCUT2D eigenvalue weighted by atomic mass is 35.5. The number of hydrogen-bond acceptors (Lipinski definition) is 4. The number of anilines is 1. The fourth-order valence-corrected chi connectivity index (χ4v) is 5.99. The van der Waals surface area contributed by atoms with E-state index in [0.717, 1.165) is 44.9 Å². The molecule has 1 saturated carbocycles. The van der Waals surface area contributed by atoms with Gasteiger partial charge in [-0.1, -0.05) is 25.3 Å². The van der Waals surface area contributed by atoms with Crippen LogP contribution in [0.4, 0.5) is 5.69 Å². The van der Waals surface area contributed by atoms with Gasteiger partial charge in [-0.15, -0.1) is 12.4 Å². The van der Waals surface area contributed by atoms with Crippen molar-refractivity contribution in [2.24, 2.45) is 11.7 Å². The number of sulfonamides is 1. The average molecular weight is 430 g/mol. The number of halogens is 1. The van der Waals surface area contributed by atoms with E-state index in [9.17, 15) is 13.2 Å². The summed E-state index contributed by atoms with van der Waals surface area (Å²) < 4.78 is 27.6. The van der Waals surface area contributed by atoms with Crippen LogP contribution in [0, 0.1) is 12.8 Å². The van der Waals surface area contributed by atoms with E-state index in [4.69, 9.17) is 5.73 Å². The summed E-state index contributed by atoms with van der Waals surface area (Å²) in [5, 5.41) is 2.91. The summed E-state index contributed by atoms with van der Waals surface area (Å²) in [4.78, 5) is 13.1. The van der Waals surface area contributed by atoms with E-state index < -0.39 is 15.6 Å². The Balaban J connectivity index is 0.00000280. The highest BCUT2D eigenvalue weighted by molar-refractivity contribution is 7.89. The molecule has 28 heavy (non-hydrogen) atoms. The normalized spacial score (nSPS) is 26.3. The van der Waals surface area contributed by atoms with Crippen LogP contribution in [-0.2, 0) is 14.8 Å². The van der Waals surface area contributed by atoms with Crippen LogP contribution in [0.5, 0.6) is 0 Å². The third-order valence-corrected chi connectivity index (χ3v) is 8.00. The van der Waals surface area contributed by atoms with Crippen molar-refractivity contribution in [1.29, 1.82) is 0 Å². The predicted molar refractivity (Wildman–Crippen MR) is 114 cm³/mol. The summed E-state index contributed by atoms with van der Waals surface area (Å²) in [6.07, 6.45) is 6.49. The Bertz CT molecular complexity index is 805. The second-order valence-corrected chi connectivity index (χ2v) is 10.1. The zero-order chi connectivity index (χ0) is 19.7. The van der Waals surface area contributed by atoms with E-state index in [1.807, 2.05) is 6.92 Å². The predicted octanol–water partition coefficient (Wildman–Crippen LogP) is 3.44. The SMILES string of the molecule is Cc1ccc(NC(=O)C2CCCCC2(C)N)cc1S(=O)(=O)N1CCCCC1.Cl. The lowest BCUT2D eigenvalue weighted by Crippen LogP contribution is -2.51. The van der Waals surface area contributed by atoms with Gasteiger partial charge in [-0.05, 0) is 57.2 Å². The molecule has 1 heterocycles. The number of piperidine rings is 1. The fourth-order valence-electron chi connectivity index (χ4n) is 4.22. The lowest BCUT2D eigenvalue weighted by molar-refractivity contribution is -0.122. The molecule has 6 nitrogen and oxygen atoms in total. The molecular weight excluding hydrogens is 398 g/mol. The number of amides is 1. The van der Waals surface area contributed by atoms with Crippen LogP contribution in [0.3, 0.4) is 0 Å². The standard InChI is InChI=1S/C20H31N3O3S.ClH/c1-15-9-10-16(22-19(24)17-8-4-5-11-20(17,2)21)14-18(15)27(25,26)23-12-6-3-7-13-23;/h9-10,14,17H,3-8,11-13,21H2,1-2H3,(H,22,24);1H. The first-order valence-corrected chi connectivity index (χ1v) is 11.4. The highest BCUT2D eigenvalue weighted by Gasteiger charge is 2.38. The monoisotopic (exact) mass is 429 g/mol. The molecule has 1 aromatic rings. The Morgan fingerprint density at radius 2 is 1.86 bits per heavy atom. The Kier molecular flexibility index (Phi) is 7.53. The van der Waals surface area contributed by atoms with Gasteiger partial charge in [-0.3, -0.25) is 4.79 Å². The van der Waals surface area contributed by atoms with E-state index >= 15 is 0 Å². The minimum Gasteiger partial charge on any atom is -0.326 e. The first-order chi connectivity index (χ1) is 12.7. The zero-order valence-corrected chi connectivity index (χ0v) is 18.4. The third kappa shape index (κ3) is 4.87. The maximum absolute atomic E-state index is 13.0. The molecule has 1 aliphatic heterocycles. The zero-order valence-electron chi connectivity index (χ0n) is 16.7. The number of hydrogen-bond donors (Lipinski definition) is 2. The van der Waals surface area contributed by atoms with Gasteiger partial charge < -0.3 is 11.1 Å². The molecule has 3 N–H and O–H groups in total. The van der Waals surface area contributed by atoms with Crippen molar-refractivity contribution >= 4 is 34.0 Å². The molecule has 1 amide bonds. The maximum atomic E-state index is 13.0. The minimum atomic E-state index is -3.54. The molecule has 1 aromatic carbocycles. The summed E-state index contributed by atoms with van der Waals surface area (Å²) in [5.74, 6) is -0.375. The molecular formula is C20H32ClN3O3S. The van der Waals surface area contributed by atoms with Crippen LogP contribution in [0.15, 0.2) is 23.1 Å². The van der Waals surface area contributed by atoms with Gasteiger partial charge in [0.15, 0.2) is 0 Å². The van der Waals surface area contributed by atoms with Gasteiger partial charge in [0.05, 0.1) is 10.8 Å². The molecule has 0 aromatic heterocycles. The smallest absolute Gasteiger partial charge is 0.243 e. The van der Waals surface area contributed by atoms with Crippen LogP contribution in [0.25, 0.3) is 0 Å². The fraction of sp³-hybridized carbons (Fsp3) is 0.650. The van der Waals surface area contributed by atoms with Gasteiger partial charge in [-0.2, -0.15) is 4.31 Å². The molecule has 2 unspecified atom stereocenters. The van der Waals surface area contributed by atoms with E-state index in [0.29, 0.717) is 24.3 Å². The molecule has 0 bridgehead atoms. The summed E-state index contributed by atoms with van der Waals surface area (Å²) >= 11 is 0. The topological polar surface area (TPSA) is 92.5 Å². The number of rotatable bonds is 4. The second kappa shape index (κ2) is 9.11. The Hall–Kier alpha value is -1.15. The van der Waals surface area contributed by atoms with Gasteiger partial charge >= 0.3 is 0 Å². The molecule has 2 atom stereocenters. The van der Waals surface area contributed by atoms with Gasteiger partial charge in [0, 0.05) is 24.3 Å². The molecule has 0 radical (unpaired) electrons. The second-order valence-electron chi connectivity index (χ2n) is 8.24. The molecule has 158 valence electrons. The average Bonchev–Trinajstić information content (AvgIpc) is 2.63. The van der Waals surface area contributed by atoms with E-state index in [1.54, 1.807) is 29.4 Å². The molecule has 1 saturated heterocycles. The molecule has 3 rings (SSSR count). The number of benzene rings is 1. The highest BCUT2D eigenvalue weighted by Crippen LogP contribution is 2.33. The van der Waals surface area contributed by atoms with Gasteiger partial charge in [0.1, 0.15) is 0 Å².